The highest BCUT2D eigenvalue weighted by atomic mass is 32.1. The lowest BCUT2D eigenvalue weighted by Crippen LogP contribution is -2.56. The highest BCUT2D eigenvalue weighted by Crippen LogP contribution is 2.37. The summed E-state index contributed by atoms with van der Waals surface area (Å²) in [6.45, 7) is 5.28. The van der Waals surface area contributed by atoms with Crippen molar-refractivity contribution in [3.63, 3.8) is 0 Å². The van der Waals surface area contributed by atoms with E-state index >= 15 is 0 Å². The van der Waals surface area contributed by atoms with Crippen molar-refractivity contribution in [3.8, 4) is 0 Å². The molecule has 0 bridgehead atoms. The summed E-state index contributed by atoms with van der Waals surface area (Å²) in [5.74, 6) is -0.135. The summed E-state index contributed by atoms with van der Waals surface area (Å²) in [5, 5.41) is 2.17. The van der Waals surface area contributed by atoms with Gasteiger partial charge in [0.2, 0.25) is 11.8 Å². The fourth-order valence-corrected chi connectivity index (χ4v) is 6.37. The zero-order valence-corrected chi connectivity index (χ0v) is 21.4. The van der Waals surface area contributed by atoms with E-state index in [2.05, 4.69) is 40.6 Å². The van der Waals surface area contributed by atoms with Crippen LogP contribution in [0.3, 0.4) is 0 Å². The number of halogens is 1. The normalized spacial score (nSPS) is 20.3. The molecule has 1 fully saturated rings. The van der Waals surface area contributed by atoms with Crippen LogP contribution in [-0.2, 0) is 22.4 Å². The molecule has 188 valence electrons. The van der Waals surface area contributed by atoms with Gasteiger partial charge in [-0.15, -0.1) is 11.3 Å². The molecule has 0 spiro atoms. The first-order chi connectivity index (χ1) is 17.5. The number of carbonyl (C=O) groups is 2. The molecule has 0 N–H and O–H groups in total. The fourth-order valence-electron chi connectivity index (χ4n) is 5.47. The Hall–Kier alpha value is -3.03. The number of rotatable bonds is 6. The van der Waals surface area contributed by atoms with Crippen LogP contribution < -0.4 is 0 Å². The molecule has 1 saturated heterocycles. The number of benzene rings is 2. The lowest BCUT2D eigenvalue weighted by atomic mass is 9.93. The van der Waals surface area contributed by atoms with Gasteiger partial charge in [0.05, 0.1) is 12.5 Å². The molecule has 1 aromatic heterocycles. The zero-order valence-electron chi connectivity index (χ0n) is 20.6. The summed E-state index contributed by atoms with van der Waals surface area (Å²) < 4.78 is 13.2. The third-order valence-electron chi connectivity index (χ3n) is 7.36. The molecule has 0 unspecified atom stereocenters. The third kappa shape index (κ3) is 5.37. The second kappa shape index (κ2) is 10.9. The van der Waals surface area contributed by atoms with Crippen LogP contribution in [0.2, 0.25) is 0 Å². The molecule has 0 saturated carbocycles. The maximum Gasteiger partial charge on any atom is 0.227 e. The Kier molecular flexibility index (Phi) is 7.48. The predicted octanol–water partition coefficient (Wildman–Crippen LogP) is 4.53. The van der Waals surface area contributed by atoms with Gasteiger partial charge in [0.1, 0.15) is 5.82 Å². The van der Waals surface area contributed by atoms with E-state index < -0.39 is 0 Å². The number of fused-ring (bicyclic) bond motifs is 1. The van der Waals surface area contributed by atoms with E-state index in [4.69, 9.17) is 0 Å². The summed E-state index contributed by atoms with van der Waals surface area (Å²) in [4.78, 5) is 33.7. The van der Waals surface area contributed by atoms with Crippen molar-refractivity contribution < 1.29 is 14.0 Å². The summed E-state index contributed by atoms with van der Waals surface area (Å²) in [5.41, 5.74) is 3.44. The van der Waals surface area contributed by atoms with Crippen LogP contribution >= 0.6 is 11.3 Å². The number of amides is 2. The van der Waals surface area contributed by atoms with Gasteiger partial charge < -0.3 is 9.80 Å². The summed E-state index contributed by atoms with van der Waals surface area (Å²) in [6.07, 6.45) is 1.74. The molecule has 2 aliphatic rings. The van der Waals surface area contributed by atoms with Crippen molar-refractivity contribution in [2.75, 3.05) is 32.7 Å². The Morgan fingerprint density at radius 2 is 1.75 bits per heavy atom. The fraction of sp³-hybridized carbons (Fsp3) is 0.379. The third-order valence-corrected chi connectivity index (χ3v) is 8.36. The molecule has 0 radical (unpaired) electrons. The molecule has 7 heteroatoms. The quantitative estimate of drug-likeness (QED) is 0.495. The molecule has 2 amide bonds. The lowest BCUT2D eigenvalue weighted by Gasteiger charge is -2.41. The molecule has 3 heterocycles. The SMILES string of the molecule is C[C@@H]1CN(C(=O)CCN2CCc3sccc3[C@@H]2c2ccccc2)CCN1C(=O)Cc1ccc(F)cc1. The molecular formula is C29H32FN3O2S. The molecule has 5 rings (SSSR count). The van der Waals surface area contributed by atoms with Crippen molar-refractivity contribution >= 4 is 23.2 Å². The van der Waals surface area contributed by atoms with E-state index in [1.807, 2.05) is 34.1 Å². The second-order valence-corrected chi connectivity index (χ2v) is 10.7. The van der Waals surface area contributed by atoms with Crippen LogP contribution in [0, 0.1) is 5.82 Å². The largest absolute Gasteiger partial charge is 0.339 e. The van der Waals surface area contributed by atoms with Crippen LogP contribution in [0.4, 0.5) is 4.39 Å². The van der Waals surface area contributed by atoms with Gasteiger partial charge in [0, 0.05) is 50.1 Å². The highest BCUT2D eigenvalue weighted by molar-refractivity contribution is 7.10. The first-order valence-electron chi connectivity index (χ1n) is 12.7. The molecule has 0 aliphatic carbocycles. The molecular weight excluding hydrogens is 473 g/mol. The van der Waals surface area contributed by atoms with E-state index in [1.165, 1.54) is 28.1 Å². The maximum absolute atomic E-state index is 13.2. The van der Waals surface area contributed by atoms with E-state index in [-0.39, 0.29) is 36.1 Å². The minimum Gasteiger partial charge on any atom is -0.339 e. The van der Waals surface area contributed by atoms with Crippen molar-refractivity contribution in [2.24, 2.45) is 0 Å². The van der Waals surface area contributed by atoms with Crippen LogP contribution in [0.25, 0.3) is 0 Å². The predicted molar refractivity (Wildman–Crippen MR) is 140 cm³/mol. The van der Waals surface area contributed by atoms with Gasteiger partial charge in [-0.05, 0) is 53.6 Å². The summed E-state index contributed by atoms with van der Waals surface area (Å²) in [6, 6.07) is 19.0. The number of carbonyl (C=O) groups excluding carboxylic acids is 2. The Balaban J connectivity index is 1.17. The molecule has 2 atom stereocenters. The summed E-state index contributed by atoms with van der Waals surface area (Å²) in [7, 11) is 0. The van der Waals surface area contributed by atoms with Crippen LogP contribution in [-0.4, -0.2) is 65.3 Å². The number of thiophene rings is 1. The van der Waals surface area contributed by atoms with Crippen molar-refractivity contribution in [2.45, 2.75) is 38.3 Å². The minimum atomic E-state index is -0.304. The van der Waals surface area contributed by atoms with Gasteiger partial charge in [0.25, 0.3) is 0 Å². The molecule has 2 aromatic carbocycles. The van der Waals surface area contributed by atoms with Gasteiger partial charge in [-0.3, -0.25) is 14.5 Å². The smallest absolute Gasteiger partial charge is 0.227 e. The molecule has 3 aromatic rings. The van der Waals surface area contributed by atoms with Crippen molar-refractivity contribution in [3.05, 3.63) is 93.4 Å². The average molecular weight is 506 g/mol. The van der Waals surface area contributed by atoms with Crippen LogP contribution in [0.15, 0.2) is 66.0 Å². The monoisotopic (exact) mass is 505 g/mol. The number of piperazine rings is 1. The van der Waals surface area contributed by atoms with Gasteiger partial charge in [-0.1, -0.05) is 42.5 Å². The Labute approximate surface area is 216 Å². The van der Waals surface area contributed by atoms with Gasteiger partial charge in [-0.2, -0.15) is 0 Å². The number of hydrogen-bond donors (Lipinski definition) is 0. The Bertz CT molecular complexity index is 1200. The average Bonchev–Trinajstić information content (AvgIpc) is 3.37. The van der Waals surface area contributed by atoms with E-state index in [0.717, 1.165) is 18.5 Å². The van der Waals surface area contributed by atoms with E-state index in [1.54, 1.807) is 12.1 Å². The second-order valence-electron chi connectivity index (χ2n) is 9.73. The van der Waals surface area contributed by atoms with Gasteiger partial charge >= 0.3 is 0 Å². The van der Waals surface area contributed by atoms with Gasteiger partial charge in [0.15, 0.2) is 0 Å². The number of hydrogen-bond acceptors (Lipinski definition) is 4. The Morgan fingerprint density at radius 1 is 0.972 bits per heavy atom. The van der Waals surface area contributed by atoms with Crippen LogP contribution in [0.1, 0.15) is 41.0 Å². The molecule has 2 aliphatic heterocycles. The summed E-state index contributed by atoms with van der Waals surface area (Å²) >= 11 is 1.83. The molecule has 36 heavy (non-hydrogen) atoms. The van der Waals surface area contributed by atoms with Gasteiger partial charge in [-0.25, -0.2) is 4.39 Å². The van der Waals surface area contributed by atoms with Crippen molar-refractivity contribution in [1.82, 2.24) is 14.7 Å². The standard InChI is InChI=1S/C29H32FN3O2S/c1-21-20-32(16-17-33(21)28(35)19-22-7-9-24(30)10-8-22)27(34)12-15-31-14-11-26-25(13-18-36-26)29(31)23-5-3-2-4-6-23/h2-10,13,18,21,29H,11-12,14-17,19-20H2,1H3/t21-,29+/m1/s1. The first-order valence-corrected chi connectivity index (χ1v) is 13.5. The number of nitrogens with zero attached hydrogens (tertiary/aromatic N) is 3. The lowest BCUT2D eigenvalue weighted by molar-refractivity contribution is -0.142. The maximum atomic E-state index is 13.2. The first kappa shape index (κ1) is 24.7. The highest BCUT2D eigenvalue weighted by Gasteiger charge is 2.32. The van der Waals surface area contributed by atoms with Crippen LogP contribution in [0.5, 0.6) is 0 Å². The topological polar surface area (TPSA) is 43.9 Å². The zero-order chi connectivity index (χ0) is 25.1. The van der Waals surface area contributed by atoms with Crippen molar-refractivity contribution in [1.29, 1.82) is 0 Å². The molecule has 5 nitrogen and oxygen atoms in total. The Morgan fingerprint density at radius 3 is 2.50 bits per heavy atom. The van der Waals surface area contributed by atoms with E-state index in [0.29, 0.717) is 32.6 Å². The van der Waals surface area contributed by atoms with E-state index in [9.17, 15) is 14.0 Å². The minimum absolute atomic E-state index is 0.0202.